The molecule has 4 saturated carbocycles. The van der Waals surface area contributed by atoms with Gasteiger partial charge in [-0.2, -0.15) is 0 Å². The Morgan fingerprint density at radius 1 is 0.603 bits per heavy atom. The first-order chi connectivity index (χ1) is 34.1. The quantitative estimate of drug-likeness (QED) is 0.0739. The van der Waals surface area contributed by atoms with Crippen LogP contribution in [0.1, 0.15) is 113 Å². The van der Waals surface area contributed by atoms with Crippen LogP contribution in [0.4, 0.5) is 0 Å². The van der Waals surface area contributed by atoms with Crippen molar-refractivity contribution >= 4 is 0 Å². The second kappa shape index (κ2) is 21.9. The average molecular weight is 1050 g/mol. The van der Waals surface area contributed by atoms with Crippen LogP contribution in [0.25, 0.3) is 0 Å². The van der Waals surface area contributed by atoms with E-state index in [1.165, 1.54) is 0 Å². The van der Waals surface area contributed by atoms with Crippen LogP contribution < -0.4 is 0 Å². The van der Waals surface area contributed by atoms with Crippen molar-refractivity contribution in [3.05, 3.63) is 11.6 Å². The molecule has 21 heteroatoms. The van der Waals surface area contributed by atoms with E-state index in [0.29, 0.717) is 32.1 Å². The van der Waals surface area contributed by atoms with Gasteiger partial charge in [0.15, 0.2) is 25.2 Å². The Kier molecular flexibility index (Phi) is 17.4. The number of rotatable bonds is 14. The van der Waals surface area contributed by atoms with Gasteiger partial charge in [0.2, 0.25) is 0 Å². The number of aliphatic hydroxyl groups excluding tert-OH is 13. The highest BCUT2D eigenvalue weighted by Gasteiger charge is 2.72. The highest BCUT2D eigenvalue weighted by molar-refractivity contribution is 5.20. The van der Waals surface area contributed by atoms with Crippen molar-refractivity contribution in [1.29, 1.82) is 0 Å². The number of ether oxygens (including phenoxy) is 8. The molecule has 28 atom stereocenters. The molecule has 0 aromatic rings. The van der Waals surface area contributed by atoms with Gasteiger partial charge in [-0.25, -0.2) is 0 Å². The van der Waals surface area contributed by atoms with E-state index in [4.69, 9.17) is 37.9 Å². The van der Waals surface area contributed by atoms with Gasteiger partial charge in [0, 0.05) is 0 Å². The molecule has 8 aliphatic rings. The largest absolute Gasteiger partial charge is 0.394 e. The van der Waals surface area contributed by atoms with E-state index in [1.54, 1.807) is 0 Å². The number of fused-ring (bicyclic) bond motifs is 5. The first-order valence-corrected chi connectivity index (χ1v) is 26.7. The molecule has 0 amide bonds. The number of aliphatic hydroxyl groups is 13. The third-order valence-corrected chi connectivity index (χ3v) is 20.1. The van der Waals surface area contributed by atoms with Crippen molar-refractivity contribution in [3.63, 3.8) is 0 Å². The fraction of sp³-hybridized carbons (Fsp3) is 0.962. The number of allylic oxidation sites excluding steroid dienone is 2. The number of hydrogen-bond acceptors (Lipinski definition) is 21. The second-order valence-electron chi connectivity index (χ2n) is 24.8. The maximum Gasteiger partial charge on any atom is 0.187 e. The standard InChI is InChI=1S/C52H88O21/c1-23(2)10-9-14-52(8,73-46-42(65)39(62)37(60)29(70-46)22-68-44-40(63)34(57)26(55)20-66-44)24-11-16-51(7)33(24)25(54)18-31-49(5)15-13-32(48(3,4)30(49)12-17-50(31,51)6)71-47-43(35(58)27(56)21-67-47)72-45-41(64)38(61)36(59)28(19-53)69-45/h10,24-47,53-65H,9,11-22H2,1-8H3/t24-,25+,26+,27+,28+,29+,30-,31+,32-,33-,34-,35-,36+,37+,38-,39-,40+,41+,42+,43+,44-,45-,46-,47-,49-,50+,51+,52-/m0/s1. The first-order valence-electron chi connectivity index (χ1n) is 26.7. The maximum absolute atomic E-state index is 12.8. The lowest BCUT2D eigenvalue weighted by Gasteiger charge is -2.71. The highest BCUT2D eigenvalue weighted by atomic mass is 16.8. The minimum absolute atomic E-state index is 0.0916. The van der Waals surface area contributed by atoms with Crippen molar-refractivity contribution in [2.75, 3.05) is 26.4 Å². The zero-order valence-corrected chi connectivity index (χ0v) is 43.7. The molecule has 0 spiro atoms. The second-order valence-corrected chi connectivity index (χ2v) is 24.8. The summed E-state index contributed by atoms with van der Waals surface area (Å²) in [4.78, 5) is 0. The van der Waals surface area contributed by atoms with Crippen LogP contribution in [-0.2, 0) is 37.9 Å². The molecule has 13 N–H and O–H groups in total. The Bertz CT molecular complexity index is 1890. The third-order valence-electron chi connectivity index (χ3n) is 20.1. The van der Waals surface area contributed by atoms with Crippen molar-refractivity contribution in [2.45, 2.75) is 242 Å². The van der Waals surface area contributed by atoms with Crippen molar-refractivity contribution in [2.24, 2.45) is 45.3 Å². The summed E-state index contributed by atoms with van der Waals surface area (Å²) >= 11 is 0. The predicted molar refractivity (Wildman–Crippen MR) is 254 cm³/mol. The topological polar surface area (TPSA) is 337 Å². The molecule has 4 saturated heterocycles. The molecule has 8 rings (SSSR count). The smallest absolute Gasteiger partial charge is 0.187 e. The van der Waals surface area contributed by atoms with Gasteiger partial charge in [-0.3, -0.25) is 0 Å². The van der Waals surface area contributed by atoms with Gasteiger partial charge in [0.1, 0.15) is 85.5 Å². The van der Waals surface area contributed by atoms with E-state index in [0.717, 1.165) is 31.3 Å². The summed E-state index contributed by atoms with van der Waals surface area (Å²) in [5, 5.41) is 140. The zero-order chi connectivity index (χ0) is 53.5. The van der Waals surface area contributed by atoms with E-state index < -0.39 is 147 Å². The van der Waals surface area contributed by atoms with Crippen LogP contribution in [0.3, 0.4) is 0 Å². The summed E-state index contributed by atoms with van der Waals surface area (Å²) in [5.74, 6) is -0.256. The molecular formula is C52H88O21. The van der Waals surface area contributed by atoms with Gasteiger partial charge in [-0.05, 0) is 124 Å². The first kappa shape index (κ1) is 58.1. The third kappa shape index (κ3) is 10.3. The summed E-state index contributed by atoms with van der Waals surface area (Å²) in [7, 11) is 0. The minimum Gasteiger partial charge on any atom is -0.394 e. The molecule has 0 bridgehead atoms. The SMILES string of the molecule is CC(C)=CCC[C@](C)(O[C@@H]1O[C@H](CO[C@@H]2OC[C@@H](O)[C@H](O)[C@H]2O)[C@@H](O)[C@H](O)[C@H]1O)[C@H]1CC[C@]2(C)[C@@H]1[C@H](O)C[C@@H]1[C@@]3(C)CC[C@H](O[C@@H]4OC[C@@H](O)[C@H](O)[C@H]4O[C@@H]4O[C@H](CO)[C@@H](O)[C@H](O)[C@H]4O)C(C)(C)[C@@H]3CC[C@]12C. The van der Waals surface area contributed by atoms with Crippen molar-refractivity contribution in [3.8, 4) is 0 Å². The summed E-state index contributed by atoms with van der Waals surface area (Å²) in [6.45, 7) is 15.7. The lowest BCUT2D eigenvalue weighted by molar-refractivity contribution is -0.367. The van der Waals surface area contributed by atoms with E-state index in [-0.39, 0.29) is 53.1 Å². The average Bonchev–Trinajstić information content (AvgIpc) is 3.72. The van der Waals surface area contributed by atoms with Crippen LogP contribution >= 0.6 is 0 Å². The molecule has 8 fully saturated rings. The molecule has 422 valence electrons. The van der Waals surface area contributed by atoms with Crippen LogP contribution in [0.2, 0.25) is 0 Å². The van der Waals surface area contributed by atoms with Gasteiger partial charge >= 0.3 is 0 Å². The van der Waals surface area contributed by atoms with Crippen LogP contribution in [0, 0.1) is 45.3 Å². The Morgan fingerprint density at radius 2 is 1.19 bits per heavy atom. The molecule has 21 nitrogen and oxygen atoms in total. The zero-order valence-electron chi connectivity index (χ0n) is 43.7. The molecule has 0 radical (unpaired) electrons. The van der Waals surface area contributed by atoms with Crippen molar-refractivity contribution < 1.29 is 104 Å². The minimum atomic E-state index is -1.75. The Hall–Kier alpha value is -1.10. The fourth-order valence-electron chi connectivity index (χ4n) is 15.7. The van der Waals surface area contributed by atoms with Crippen molar-refractivity contribution in [1.82, 2.24) is 0 Å². The summed E-state index contributed by atoms with van der Waals surface area (Å²) in [6.07, 6.45) is -19.8. The maximum atomic E-state index is 12.8. The van der Waals surface area contributed by atoms with Gasteiger partial charge < -0.3 is 104 Å². The summed E-state index contributed by atoms with van der Waals surface area (Å²) < 4.78 is 48.6. The molecule has 4 aliphatic heterocycles. The monoisotopic (exact) mass is 1050 g/mol. The molecule has 4 aliphatic carbocycles. The Balaban J connectivity index is 0.998. The number of hydrogen-bond donors (Lipinski definition) is 13. The van der Waals surface area contributed by atoms with E-state index in [9.17, 15) is 66.4 Å². The molecular weight excluding hydrogens is 961 g/mol. The predicted octanol–water partition coefficient (Wildman–Crippen LogP) is -0.924. The Labute approximate surface area is 428 Å². The van der Waals surface area contributed by atoms with E-state index in [1.807, 2.05) is 20.8 Å². The van der Waals surface area contributed by atoms with Gasteiger partial charge in [0.05, 0.1) is 44.2 Å². The lowest BCUT2D eigenvalue weighted by atomic mass is 9.35. The molecule has 0 aromatic carbocycles. The van der Waals surface area contributed by atoms with Gasteiger partial charge in [-0.15, -0.1) is 0 Å². The molecule has 73 heavy (non-hydrogen) atoms. The van der Waals surface area contributed by atoms with Crippen LogP contribution in [0.5, 0.6) is 0 Å². The molecule has 4 heterocycles. The van der Waals surface area contributed by atoms with E-state index >= 15 is 0 Å². The van der Waals surface area contributed by atoms with Crippen LogP contribution in [0.15, 0.2) is 11.6 Å². The Morgan fingerprint density at radius 3 is 1.85 bits per heavy atom. The van der Waals surface area contributed by atoms with E-state index in [2.05, 4.69) is 40.7 Å². The summed E-state index contributed by atoms with van der Waals surface area (Å²) in [5.41, 5.74) is -1.26. The van der Waals surface area contributed by atoms with Crippen LogP contribution in [-0.4, -0.2) is 221 Å². The van der Waals surface area contributed by atoms with Gasteiger partial charge in [-0.1, -0.05) is 46.3 Å². The lowest BCUT2D eigenvalue weighted by Crippen LogP contribution is -2.67. The molecule has 0 aromatic heterocycles. The van der Waals surface area contributed by atoms with Gasteiger partial charge in [0.25, 0.3) is 0 Å². The summed E-state index contributed by atoms with van der Waals surface area (Å²) in [6, 6.07) is 0. The fourth-order valence-corrected chi connectivity index (χ4v) is 15.7. The molecule has 0 unspecified atom stereocenters. The normalized spacial score (nSPS) is 52.8. The highest BCUT2D eigenvalue weighted by Crippen LogP contribution is 2.76.